The van der Waals surface area contributed by atoms with Crippen LogP contribution in [0.4, 0.5) is 26.3 Å². The molecule has 1 aromatic carbocycles. The molecule has 0 fully saturated rings. The first-order valence-corrected chi connectivity index (χ1v) is 6.60. The van der Waals surface area contributed by atoms with Crippen LogP contribution in [0.3, 0.4) is 0 Å². The average molecular weight is 354 g/mol. The van der Waals surface area contributed by atoms with Gasteiger partial charge in [-0.1, -0.05) is 12.1 Å². The maximum atomic E-state index is 13.2. The van der Waals surface area contributed by atoms with Crippen LogP contribution in [0.15, 0.2) is 23.8 Å². The molecule has 0 saturated carbocycles. The standard InChI is InChI=1S/C15H12F6O3/c1-7-10(12(22)24-13(7,2)15(19,20)21)8-5-4-6-9(11(8)23-3)14(16,17)18/h4-6H,1-3H3/t13-/m1/s1. The fourth-order valence-electron chi connectivity index (χ4n) is 2.46. The molecule has 0 aromatic heterocycles. The highest BCUT2D eigenvalue weighted by Gasteiger charge is 2.60. The van der Waals surface area contributed by atoms with Crippen LogP contribution in [-0.2, 0) is 15.7 Å². The second-order valence-corrected chi connectivity index (χ2v) is 5.30. The Morgan fingerprint density at radius 3 is 2.12 bits per heavy atom. The molecule has 0 aliphatic carbocycles. The van der Waals surface area contributed by atoms with Gasteiger partial charge < -0.3 is 9.47 Å². The molecule has 1 heterocycles. The van der Waals surface area contributed by atoms with E-state index in [1.165, 1.54) is 0 Å². The number of carbonyl (C=O) groups is 1. The van der Waals surface area contributed by atoms with E-state index in [1.807, 2.05) is 0 Å². The zero-order valence-electron chi connectivity index (χ0n) is 12.7. The minimum Gasteiger partial charge on any atom is -0.495 e. The molecular formula is C15H12F6O3. The third kappa shape index (κ3) is 2.61. The van der Waals surface area contributed by atoms with Crippen molar-refractivity contribution in [2.24, 2.45) is 0 Å². The van der Waals surface area contributed by atoms with Gasteiger partial charge in [0, 0.05) is 5.56 Å². The SMILES string of the molecule is COc1c(C2=C(C)[C@](C)(C(F)(F)F)OC2=O)cccc1C(F)(F)F. The summed E-state index contributed by atoms with van der Waals surface area (Å²) in [7, 11) is 0.938. The molecule has 1 aliphatic heterocycles. The normalized spacial score (nSPS) is 22.0. The summed E-state index contributed by atoms with van der Waals surface area (Å²) in [6.07, 6.45) is -9.71. The van der Waals surface area contributed by atoms with Gasteiger partial charge in [0.05, 0.1) is 18.2 Å². The number of benzene rings is 1. The van der Waals surface area contributed by atoms with Gasteiger partial charge >= 0.3 is 18.3 Å². The van der Waals surface area contributed by atoms with Crippen LogP contribution >= 0.6 is 0 Å². The van der Waals surface area contributed by atoms with Crippen LogP contribution in [0.1, 0.15) is 25.0 Å². The van der Waals surface area contributed by atoms with Gasteiger partial charge in [-0.25, -0.2) is 4.79 Å². The molecule has 0 bridgehead atoms. The highest BCUT2D eigenvalue weighted by atomic mass is 19.4. The number of hydrogen-bond acceptors (Lipinski definition) is 3. The van der Waals surface area contributed by atoms with E-state index in [-0.39, 0.29) is 0 Å². The molecule has 1 aromatic rings. The Labute approximate surface area is 132 Å². The first-order valence-electron chi connectivity index (χ1n) is 6.60. The molecular weight excluding hydrogens is 342 g/mol. The van der Waals surface area contributed by atoms with Crippen molar-refractivity contribution < 1.29 is 40.6 Å². The Morgan fingerprint density at radius 1 is 1.12 bits per heavy atom. The van der Waals surface area contributed by atoms with Gasteiger partial charge in [-0.05, 0) is 25.5 Å². The van der Waals surface area contributed by atoms with Crippen LogP contribution in [0, 0.1) is 0 Å². The van der Waals surface area contributed by atoms with E-state index in [0.29, 0.717) is 13.0 Å². The Kier molecular flexibility index (Phi) is 4.10. The van der Waals surface area contributed by atoms with Crippen molar-refractivity contribution in [2.45, 2.75) is 31.8 Å². The minimum atomic E-state index is -4.91. The number of ether oxygens (including phenoxy) is 2. The molecule has 0 radical (unpaired) electrons. The quantitative estimate of drug-likeness (QED) is 0.585. The highest BCUT2D eigenvalue weighted by molar-refractivity contribution is 6.21. The minimum absolute atomic E-state index is 0.400. The molecule has 0 amide bonds. The zero-order valence-corrected chi connectivity index (χ0v) is 12.7. The summed E-state index contributed by atoms with van der Waals surface area (Å²) in [6.45, 7) is 1.64. The predicted molar refractivity (Wildman–Crippen MR) is 71.1 cm³/mol. The fourth-order valence-corrected chi connectivity index (χ4v) is 2.46. The number of esters is 1. The van der Waals surface area contributed by atoms with Gasteiger partial charge in [-0.15, -0.1) is 0 Å². The van der Waals surface area contributed by atoms with Crippen molar-refractivity contribution in [3.63, 3.8) is 0 Å². The summed E-state index contributed by atoms with van der Waals surface area (Å²) in [5.41, 5.74) is -5.62. The maximum absolute atomic E-state index is 13.2. The fraction of sp³-hybridized carbons (Fsp3) is 0.400. The lowest BCUT2D eigenvalue weighted by molar-refractivity contribution is -0.242. The summed E-state index contributed by atoms with van der Waals surface area (Å²) in [5.74, 6) is -2.09. The molecule has 0 spiro atoms. The number of halogens is 6. The molecule has 1 aliphatic rings. The highest BCUT2D eigenvalue weighted by Crippen LogP contribution is 2.49. The van der Waals surface area contributed by atoms with Gasteiger partial charge in [0.25, 0.3) is 0 Å². The molecule has 132 valence electrons. The Morgan fingerprint density at radius 2 is 1.71 bits per heavy atom. The van der Waals surface area contributed by atoms with Crippen LogP contribution < -0.4 is 4.74 Å². The smallest absolute Gasteiger partial charge is 0.432 e. The zero-order chi connectivity index (χ0) is 18.5. The summed E-state index contributed by atoms with van der Waals surface area (Å²) in [6, 6.07) is 2.77. The van der Waals surface area contributed by atoms with Gasteiger partial charge in [-0.2, -0.15) is 26.3 Å². The van der Waals surface area contributed by atoms with E-state index in [0.717, 1.165) is 26.2 Å². The summed E-state index contributed by atoms with van der Waals surface area (Å²) < 4.78 is 87.9. The van der Waals surface area contributed by atoms with Crippen LogP contribution in [0.2, 0.25) is 0 Å². The number of cyclic esters (lactones) is 1. The van der Waals surface area contributed by atoms with Crippen LogP contribution in [-0.4, -0.2) is 24.9 Å². The monoisotopic (exact) mass is 354 g/mol. The Balaban J connectivity index is 2.75. The molecule has 2 rings (SSSR count). The van der Waals surface area contributed by atoms with Crippen molar-refractivity contribution in [3.05, 3.63) is 34.9 Å². The second kappa shape index (κ2) is 5.42. The second-order valence-electron chi connectivity index (χ2n) is 5.30. The lowest BCUT2D eigenvalue weighted by Gasteiger charge is -2.27. The number of hydrogen-bond donors (Lipinski definition) is 0. The van der Waals surface area contributed by atoms with Gasteiger partial charge in [0.15, 0.2) is 0 Å². The number of alkyl halides is 6. The maximum Gasteiger partial charge on any atom is 0.432 e. The van der Waals surface area contributed by atoms with Crippen LogP contribution in [0.5, 0.6) is 5.75 Å². The first-order chi connectivity index (χ1) is 10.8. The van der Waals surface area contributed by atoms with E-state index < -0.39 is 51.9 Å². The van der Waals surface area contributed by atoms with E-state index in [4.69, 9.17) is 4.74 Å². The Hall–Kier alpha value is -2.19. The summed E-state index contributed by atoms with van der Waals surface area (Å²) in [4.78, 5) is 12.0. The van der Waals surface area contributed by atoms with E-state index in [1.54, 1.807) is 0 Å². The van der Waals surface area contributed by atoms with Crippen molar-refractivity contribution in [1.29, 1.82) is 0 Å². The van der Waals surface area contributed by atoms with E-state index in [2.05, 4.69) is 4.74 Å². The first kappa shape index (κ1) is 18.2. The van der Waals surface area contributed by atoms with Crippen molar-refractivity contribution in [2.75, 3.05) is 7.11 Å². The number of methoxy groups -OCH3 is 1. The van der Waals surface area contributed by atoms with Gasteiger partial charge in [0.2, 0.25) is 5.60 Å². The predicted octanol–water partition coefficient (Wildman–Crippen LogP) is 4.37. The van der Waals surface area contributed by atoms with E-state index >= 15 is 0 Å². The van der Waals surface area contributed by atoms with Crippen LogP contribution in [0.25, 0.3) is 5.57 Å². The molecule has 3 nitrogen and oxygen atoms in total. The number of carbonyl (C=O) groups excluding carboxylic acids is 1. The topological polar surface area (TPSA) is 35.5 Å². The molecule has 0 saturated heterocycles. The molecule has 0 N–H and O–H groups in total. The molecule has 9 heteroatoms. The lowest BCUT2D eigenvalue weighted by Crippen LogP contribution is -2.43. The lowest BCUT2D eigenvalue weighted by atomic mass is 9.90. The van der Waals surface area contributed by atoms with E-state index in [9.17, 15) is 31.1 Å². The summed E-state index contributed by atoms with van der Waals surface area (Å²) >= 11 is 0. The molecule has 24 heavy (non-hydrogen) atoms. The molecule has 0 unspecified atom stereocenters. The summed E-state index contributed by atoms with van der Waals surface area (Å²) in [5, 5.41) is 0. The van der Waals surface area contributed by atoms with Gasteiger partial charge in [0.1, 0.15) is 5.75 Å². The average Bonchev–Trinajstić information content (AvgIpc) is 2.67. The van der Waals surface area contributed by atoms with Crippen molar-refractivity contribution >= 4 is 11.5 Å². The molecule has 1 atom stereocenters. The number of para-hydroxylation sites is 1. The largest absolute Gasteiger partial charge is 0.495 e. The Bertz CT molecular complexity index is 717. The van der Waals surface area contributed by atoms with Gasteiger partial charge in [-0.3, -0.25) is 0 Å². The van der Waals surface area contributed by atoms with Crippen molar-refractivity contribution in [1.82, 2.24) is 0 Å². The third-order valence-electron chi connectivity index (χ3n) is 3.93. The van der Waals surface area contributed by atoms with Crippen molar-refractivity contribution in [3.8, 4) is 5.75 Å². The number of rotatable bonds is 2. The third-order valence-corrected chi connectivity index (χ3v) is 3.93.